The second-order valence-electron chi connectivity index (χ2n) is 8.76. The average molecular weight is 329 g/mol. The number of rotatable bonds is 1. The Labute approximate surface area is 146 Å². The van der Waals surface area contributed by atoms with Gasteiger partial charge in [-0.25, -0.2) is 0 Å². The molecule has 7 aliphatic rings. The molecule has 0 spiro atoms. The summed E-state index contributed by atoms with van der Waals surface area (Å²) >= 11 is 0. The van der Waals surface area contributed by atoms with Crippen molar-refractivity contribution in [2.45, 2.75) is 12.8 Å². The van der Waals surface area contributed by atoms with E-state index in [1.54, 1.807) is 11.1 Å². The first kappa shape index (κ1) is 13.1. The smallest absolute Gasteiger partial charge is 0.238 e. The van der Waals surface area contributed by atoms with Gasteiger partial charge in [0.05, 0.1) is 17.5 Å². The molecule has 1 saturated heterocycles. The van der Waals surface area contributed by atoms with E-state index < -0.39 is 0 Å². The molecule has 0 unspecified atom stereocenters. The van der Waals surface area contributed by atoms with Gasteiger partial charge in [0.25, 0.3) is 0 Å². The van der Waals surface area contributed by atoms with E-state index in [9.17, 15) is 9.59 Å². The Balaban J connectivity index is 1.34. The highest BCUT2D eigenvalue weighted by molar-refractivity contribution is 6.23. The summed E-state index contributed by atoms with van der Waals surface area (Å²) in [6.45, 7) is 0. The Morgan fingerprint density at radius 1 is 0.760 bits per heavy atom. The van der Waals surface area contributed by atoms with Gasteiger partial charge in [-0.05, 0) is 48.6 Å². The number of benzene rings is 1. The van der Waals surface area contributed by atoms with Crippen molar-refractivity contribution in [1.29, 1.82) is 0 Å². The minimum atomic E-state index is -0.0959. The molecule has 0 aromatic heterocycles. The quantitative estimate of drug-likeness (QED) is 0.586. The lowest BCUT2D eigenvalue weighted by atomic mass is 9.63. The third kappa shape index (κ3) is 1.32. The van der Waals surface area contributed by atoms with Crippen LogP contribution in [0.2, 0.25) is 0 Å². The van der Waals surface area contributed by atoms with Crippen molar-refractivity contribution in [3.8, 4) is 0 Å². The van der Waals surface area contributed by atoms with E-state index in [2.05, 4.69) is 12.2 Å². The van der Waals surface area contributed by atoms with E-state index in [1.165, 1.54) is 11.3 Å². The maximum atomic E-state index is 13.2. The van der Waals surface area contributed by atoms with Gasteiger partial charge in [0.2, 0.25) is 11.8 Å². The summed E-state index contributed by atoms with van der Waals surface area (Å²) in [5, 5.41) is 0. The van der Waals surface area contributed by atoms with Crippen LogP contribution in [0.3, 0.4) is 0 Å². The molecule has 4 bridgehead atoms. The van der Waals surface area contributed by atoms with Crippen molar-refractivity contribution < 1.29 is 9.59 Å². The van der Waals surface area contributed by atoms with E-state index in [-0.39, 0.29) is 23.7 Å². The molecule has 0 radical (unpaired) electrons. The van der Waals surface area contributed by atoms with Crippen LogP contribution in [0.5, 0.6) is 0 Å². The number of amides is 2. The van der Waals surface area contributed by atoms with Gasteiger partial charge in [-0.15, -0.1) is 0 Å². The van der Waals surface area contributed by atoms with E-state index in [4.69, 9.17) is 0 Å². The monoisotopic (exact) mass is 329 g/mol. The Morgan fingerprint density at radius 2 is 1.32 bits per heavy atom. The molecule has 1 heterocycles. The molecule has 3 heteroatoms. The van der Waals surface area contributed by atoms with Crippen LogP contribution in [-0.4, -0.2) is 11.8 Å². The van der Waals surface area contributed by atoms with Crippen molar-refractivity contribution in [2.75, 3.05) is 4.90 Å². The van der Waals surface area contributed by atoms with Crippen molar-refractivity contribution in [3.05, 3.63) is 53.6 Å². The molecule has 2 saturated carbocycles. The zero-order valence-electron chi connectivity index (χ0n) is 13.8. The lowest BCUT2D eigenvalue weighted by Gasteiger charge is -2.40. The van der Waals surface area contributed by atoms with E-state index >= 15 is 0 Å². The van der Waals surface area contributed by atoms with Crippen LogP contribution >= 0.6 is 0 Å². The summed E-state index contributed by atoms with van der Waals surface area (Å²) in [6.07, 6.45) is 7.24. The van der Waals surface area contributed by atoms with Crippen LogP contribution in [0.1, 0.15) is 12.8 Å². The molecule has 8 rings (SSSR count). The third-order valence-electron chi connectivity index (χ3n) is 7.98. The number of nitrogens with zero attached hydrogens (tertiary/aromatic N) is 1. The highest BCUT2D eigenvalue weighted by Crippen LogP contribution is 2.72. The number of imide groups is 1. The van der Waals surface area contributed by atoms with Crippen LogP contribution in [0, 0.1) is 47.3 Å². The van der Waals surface area contributed by atoms with Crippen molar-refractivity contribution in [3.63, 3.8) is 0 Å². The molecule has 124 valence electrons. The van der Waals surface area contributed by atoms with E-state index in [0.29, 0.717) is 23.7 Å². The number of fused-ring (bicyclic) bond motifs is 5. The predicted molar refractivity (Wildman–Crippen MR) is 92.3 cm³/mol. The van der Waals surface area contributed by atoms with Gasteiger partial charge in [0, 0.05) is 11.8 Å². The summed E-state index contributed by atoms with van der Waals surface area (Å²) in [5.41, 5.74) is 3.93. The van der Waals surface area contributed by atoms with Crippen LogP contribution in [0.15, 0.2) is 53.6 Å². The maximum absolute atomic E-state index is 13.2. The second-order valence-corrected chi connectivity index (χ2v) is 8.76. The van der Waals surface area contributed by atoms with Crippen LogP contribution in [0.25, 0.3) is 0 Å². The van der Waals surface area contributed by atoms with Gasteiger partial charge in [-0.2, -0.15) is 0 Å². The average Bonchev–Trinajstić information content (AvgIpc) is 3.17. The number of carbonyl (C=O) groups is 2. The molecule has 8 atom stereocenters. The minimum Gasteiger partial charge on any atom is -0.274 e. The molecule has 3 nitrogen and oxygen atoms in total. The first-order chi connectivity index (χ1) is 12.3. The van der Waals surface area contributed by atoms with Gasteiger partial charge < -0.3 is 0 Å². The first-order valence-electron chi connectivity index (χ1n) is 9.60. The summed E-state index contributed by atoms with van der Waals surface area (Å²) in [5.74, 6) is 3.40. The summed E-state index contributed by atoms with van der Waals surface area (Å²) in [4.78, 5) is 27.9. The zero-order valence-corrected chi connectivity index (χ0v) is 13.8. The summed E-state index contributed by atoms with van der Waals surface area (Å²) in [7, 11) is 0. The normalized spacial score (nSPS) is 47.4. The van der Waals surface area contributed by atoms with Crippen LogP contribution in [0.4, 0.5) is 5.69 Å². The van der Waals surface area contributed by atoms with E-state index in [1.807, 2.05) is 30.3 Å². The Hall–Kier alpha value is -2.16. The lowest BCUT2D eigenvalue weighted by molar-refractivity contribution is -0.123. The number of carbonyl (C=O) groups excluding carboxylic acids is 2. The number of para-hydroxylation sites is 1. The van der Waals surface area contributed by atoms with Gasteiger partial charge >= 0.3 is 0 Å². The number of allylic oxidation sites excluding steroid dienone is 4. The lowest BCUT2D eigenvalue weighted by Crippen LogP contribution is -2.36. The molecule has 1 aromatic rings. The molecule has 1 aromatic carbocycles. The van der Waals surface area contributed by atoms with Gasteiger partial charge in [0.1, 0.15) is 0 Å². The summed E-state index contributed by atoms with van der Waals surface area (Å²) in [6, 6.07) is 9.49. The summed E-state index contributed by atoms with van der Waals surface area (Å²) < 4.78 is 0. The molecule has 6 aliphatic carbocycles. The Bertz CT molecular complexity index is 861. The predicted octanol–water partition coefficient (Wildman–Crippen LogP) is 3.19. The molecule has 25 heavy (non-hydrogen) atoms. The largest absolute Gasteiger partial charge is 0.274 e. The fraction of sp³-hybridized carbons (Fsp3) is 0.455. The first-order valence-corrected chi connectivity index (χ1v) is 9.60. The molecule has 0 N–H and O–H groups in total. The fourth-order valence-electron chi connectivity index (χ4n) is 7.16. The Morgan fingerprint density at radius 3 is 1.88 bits per heavy atom. The third-order valence-corrected chi connectivity index (χ3v) is 7.98. The number of anilines is 1. The van der Waals surface area contributed by atoms with Crippen molar-refractivity contribution in [2.24, 2.45) is 47.3 Å². The molecule has 2 amide bonds. The topological polar surface area (TPSA) is 37.4 Å². The van der Waals surface area contributed by atoms with Gasteiger partial charge in [0.15, 0.2) is 0 Å². The van der Waals surface area contributed by atoms with E-state index in [0.717, 1.165) is 23.9 Å². The van der Waals surface area contributed by atoms with Crippen LogP contribution in [-0.2, 0) is 9.59 Å². The molecular weight excluding hydrogens is 310 g/mol. The second kappa shape index (κ2) is 3.98. The minimum absolute atomic E-state index is 0.0537. The van der Waals surface area contributed by atoms with Crippen LogP contribution < -0.4 is 4.90 Å². The maximum Gasteiger partial charge on any atom is 0.238 e. The molecular formula is C22H19NO2. The zero-order chi connectivity index (χ0) is 16.4. The number of hydrogen-bond acceptors (Lipinski definition) is 2. The number of hydrogen-bond donors (Lipinski definition) is 0. The van der Waals surface area contributed by atoms with Crippen molar-refractivity contribution >= 4 is 17.5 Å². The van der Waals surface area contributed by atoms with Gasteiger partial charge in [-0.1, -0.05) is 41.5 Å². The Kier molecular flexibility index (Phi) is 2.08. The van der Waals surface area contributed by atoms with Crippen molar-refractivity contribution in [1.82, 2.24) is 0 Å². The standard InChI is InChI=1S/C22H19NO2/c24-21-19-15-9-16(18-12-7-6-11(17(15)18)13-8-14(12)13)20(19)22(25)23(21)10-4-2-1-3-5-10/h1-7,11-16,19-20H,8-9H2/t11-,12-,13-,14+,15-,16-,19+,20+/m0/s1. The molecule has 1 aliphatic heterocycles. The molecule has 3 fully saturated rings. The SMILES string of the molecule is O=C1[C@H]2[C@H](C(=O)N1c1ccccc1)[C@H]1C[C@H]2C2=C1[C@H]1C=C[C@H]2[C@@H]2C[C@@H]21. The van der Waals surface area contributed by atoms with Gasteiger partial charge in [-0.3, -0.25) is 14.5 Å². The fourth-order valence-corrected chi connectivity index (χ4v) is 7.16. The highest BCUT2D eigenvalue weighted by atomic mass is 16.2. The highest BCUT2D eigenvalue weighted by Gasteiger charge is 2.69.